The van der Waals surface area contributed by atoms with Crippen molar-refractivity contribution in [2.75, 3.05) is 39.4 Å². The van der Waals surface area contributed by atoms with Crippen molar-refractivity contribution in [1.82, 2.24) is 20.9 Å². The van der Waals surface area contributed by atoms with Crippen molar-refractivity contribution in [3.8, 4) is 5.75 Å². The largest absolute Gasteiger partial charge is 0.485 e. The summed E-state index contributed by atoms with van der Waals surface area (Å²) in [4.78, 5) is 55.1. The van der Waals surface area contributed by atoms with Crippen molar-refractivity contribution in [1.29, 1.82) is 0 Å². The highest BCUT2D eigenvalue weighted by molar-refractivity contribution is 6.42. The number of alkyl halides is 2. The Morgan fingerprint density at radius 1 is 0.882 bits per heavy atom. The first-order chi connectivity index (χ1) is 24.3. The van der Waals surface area contributed by atoms with Crippen LogP contribution in [0.15, 0.2) is 72.8 Å². The molecule has 0 aliphatic carbocycles. The number of Topliss-reactive ketones (excluding diaryl/α,β-unsaturated/α-hetero) is 1. The lowest BCUT2D eigenvalue weighted by Gasteiger charge is -2.29. The number of hydrogen-bond donors (Lipinski definition) is 3. The molecule has 15 heteroatoms. The molecule has 3 amide bonds. The molecule has 1 heterocycles. The lowest BCUT2D eigenvalue weighted by atomic mass is 9.94. The topological polar surface area (TPSA) is 126 Å². The number of carbonyl (C=O) groups is 4. The molecule has 1 aliphatic rings. The van der Waals surface area contributed by atoms with E-state index in [9.17, 15) is 19.2 Å². The van der Waals surface area contributed by atoms with Gasteiger partial charge in [0.15, 0.2) is 0 Å². The fraction of sp³-hybridized carbons (Fsp3) is 0.389. The van der Waals surface area contributed by atoms with Gasteiger partial charge in [-0.25, -0.2) is 0 Å². The van der Waals surface area contributed by atoms with E-state index >= 15 is 8.78 Å². The molecule has 0 radical (unpaired) electrons. The van der Waals surface area contributed by atoms with Crippen LogP contribution in [0.1, 0.15) is 43.5 Å². The first kappa shape index (κ1) is 40.0. The Bertz CT molecular complexity index is 1660. The van der Waals surface area contributed by atoms with Gasteiger partial charge in [-0.15, -0.1) is 0 Å². The number of nitrogens with one attached hydrogen (secondary N) is 3. The lowest BCUT2D eigenvalue weighted by Crippen LogP contribution is -2.58. The molecule has 0 bridgehead atoms. The van der Waals surface area contributed by atoms with E-state index in [1.807, 2.05) is 4.90 Å². The fourth-order valence-electron chi connectivity index (χ4n) is 5.29. The van der Waals surface area contributed by atoms with Gasteiger partial charge in [-0.3, -0.25) is 24.1 Å². The highest BCUT2D eigenvalue weighted by Crippen LogP contribution is 2.31. The SMILES string of the molecule is CC(C)[C@H](NC(=O)[C@@H](NC(=O)CC(Oc1ccc(Cl)cc1)c1ccc(Cl)c(Cl)c1)c1ccccc1)C(=O)C(F)(F)C(=O)NCCN1CCOCC1. The molecule has 0 saturated carbocycles. The van der Waals surface area contributed by atoms with Gasteiger partial charge in [0.25, 0.3) is 5.91 Å². The number of halogens is 5. The number of nitrogens with zero attached hydrogens (tertiary/aromatic N) is 1. The third kappa shape index (κ3) is 11.3. The molecule has 3 aromatic carbocycles. The summed E-state index contributed by atoms with van der Waals surface area (Å²) in [5.41, 5.74) is 0.821. The number of morpholine rings is 1. The molecular weight excluding hydrogens is 729 g/mol. The van der Waals surface area contributed by atoms with Crippen molar-refractivity contribution in [3.63, 3.8) is 0 Å². The summed E-state index contributed by atoms with van der Waals surface area (Å²) in [6.45, 7) is 5.30. The number of ether oxygens (including phenoxy) is 2. The third-order valence-electron chi connectivity index (χ3n) is 8.14. The van der Waals surface area contributed by atoms with Crippen LogP contribution in [0.25, 0.3) is 0 Å². The van der Waals surface area contributed by atoms with Gasteiger partial charge in [0, 0.05) is 31.2 Å². The average molecular weight is 768 g/mol. The van der Waals surface area contributed by atoms with Gasteiger partial charge in [-0.2, -0.15) is 8.78 Å². The normalized spacial score (nSPS) is 15.4. The van der Waals surface area contributed by atoms with Gasteiger partial charge in [-0.05, 0) is 53.4 Å². The summed E-state index contributed by atoms with van der Waals surface area (Å²) < 4.78 is 41.9. The summed E-state index contributed by atoms with van der Waals surface area (Å²) in [7, 11) is 0. The van der Waals surface area contributed by atoms with E-state index < -0.39 is 53.5 Å². The predicted molar refractivity (Wildman–Crippen MR) is 190 cm³/mol. The summed E-state index contributed by atoms with van der Waals surface area (Å²) in [6, 6.07) is 16.1. The van der Waals surface area contributed by atoms with E-state index in [2.05, 4.69) is 16.0 Å². The standard InChI is InChI=1S/C36H39Cl3F2N4O6/c1-22(2)31(33(47)36(40,41)35(49)42-14-15-45-16-18-50-19-17-45)44-34(48)32(23-6-4-3-5-7-23)43-30(46)21-29(24-8-13-27(38)28(39)20-24)51-26-11-9-25(37)10-12-26/h3-13,20,22,29,31-32H,14-19,21H2,1-2H3,(H,42,49)(H,43,46)(H,44,48)/t29?,31-,32-/m0/s1. The van der Waals surface area contributed by atoms with Crippen molar-refractivity contribution in [3.05, 3.63) is 99.0 Å². The highest BCUT2D eigenvalue weighted by atomic mass is 35.5. The minimum atomic E-state index is -4.44. The second kappa shape index (κ2) is 18.6. The Morgan fingerprint density at radius 3 is 2.18 bits per heavy atom. The number of hydrogen-bond acceptors (Lipinski definition) is 7. The van der Waals surface area contributed by atoms with Crippen LogP contribution in [0.4, 0.5) is 8.78 Å². The zero-order valence-corrected chi connectivity index (χ0v) is 30.2. The summed E-state index contributed by atoms with van der Waals surface area (Å²) in [5, 5.41) is 8.16. The number of carbonyl (C=O) groups excluding carboxylic acids is 4. The minimum absolute atomic E-state index is 0.104. The van der Waals surface area contributed by atoms with E-state index in [1.165, 1.54) is 13.8 Å². The molecule has 3 atom stereocenters. The van der Waals surface area contributed by atoms with Crippen molar-refractivity contribution >= 4 is 58.3 Å². The Hall–Kier alpha value is -3.81. The number of amides is 3. The van der Waals surface area contributed by atoms with Crippen LogP contribution >= 0.6 is 34.8 Å². The van der Waals surface area contributed by atoms with E-state index in [-0.39, 0.29) is 18.0 Å². The predicted octanol–water partition coefficient (Wildman–Crippen LogP) is 5.81. The van der Waals surface area contributed by atoms with Crippen LogP contribution in [-0.4, -0.2) is 79.8 Å². The Kier molecular flexibility index (Phi) is 14.6. The molecule has 3 aromatic rings. The second-order valence-electron chi connectivity index (χ2n) is 12.2. The lowest BCUT2D eigenvalue weighted by molar-refractivity contribution is -0.161. The van der Waals surface area contributed by atoms with Crippen LogP contribution in [0.2, 0.25) is 15.1 Å². The van der Waals surface area contributed by atoms with Crippen LogP contribution < -0.4 is 20.7 Å². The smallest absolute Gasteiger partial charge is 0.383 e. The fourth-order valence-corrected chi connectivity index (χ4v) is 5.73. The van der Waals surface area contributed by atoms with Gasteiger partial charge in [0.2, 0.25) is 17.6 Å². The molecule has 1 fully saturated rings. The van der Waals surface area contributed by atoms with Crippen molar-refractivity contribution in [2.24, 2.45) is 5.92 Å². The maximum Gasteiger partial charge on any atom is 0.383 e. The van der Waals surface area contributed by atoms with Crippen LogP contribution in [-0.2, 0) is 23.9 Å². The first-order valence-corrected chi connectivity index (χ1v) is 17.4. The molecule has 51 heavy (non-hydrogen) atoms. The number of benzene rings is 3. The Labute approximate surface area is 310 Å². The Balaban J connectivity index is 1.50. The van der Waals surface area contributed by atoms with Gasteiger partial charge >= 0.3 is 5.92 Å². The molecule has 3 N–H and O–H groups in total. The molecule has 274 valence electrons. The molecule has 1 aliphatic heterocycles. The van der Waals surface area contributed by atoms with Crippen LogP contribution in [0, 0.1) is 5.92 Å². The monoisotopic (exact) mass is 766 g/mol. The zero-order chi connectivity index (χ0) is 37.1. The van der Waals surface area contributed by atoms with E-state index in [4.69, 9.17) is 44.3 Å². The van der Waals surface area contributed by atoms with E-state index in [0.29, 0.717) is 59.8 Å². The molecule has 10 nitrogen and oxygen atoms in total. The third-order valence-corrected chi connectivity index (χ3v) is 9.13. The summed E-state index contributed by atoms with van der Waals surface area (Å²) in [6.07, 6.45) is -1.22. The number of ketones is 1. The quantitative estimate of drug-likeness (QED) is 0.157. The molecular formula is C36H39Cl3F2N4O6. The summed E-state index contributed by atoms with van der Waals surface area (Å²) in [5.74, 6) is -10.0. The van der Waals surface area contributed by atoms with Gasteiger partial charge in [0.05, 0.1) is 35.7 Å². The van der Waals surface area contributed by atoms with Crippen LogP contribution in [0.3, 0.4) is 0 Å². The molecule has 0 spiro atoms. The number of rotatable bonds is 16. The van der Waals surface area contributed by atoms with Gasteiger partial charge < -0.3 is 25.4 Å². The van der Waals surface area contributed by atoms with E-state index in [0.717, 1.165) is 0 Å². The summed E-state index contributed by atoms with van der Waals surface area (Å²) >= 11 is 18.4. The van der Waals surface area contributed by atoms with Crippen LogP contribution in [0.5, 0.6) is 5.75 Å². The first-order valence-electron chi connectivity index (χ1n) is 16.3. The molecule has 1 unspecified atom stereocenters. The van der Waals surface area contributed by atoms with Crippen molar-refractivity contribution in [2.45, 2.75) is 44.4 Å². The van der Waals surface area contributed by atoms with Crippen molar-refractivity contribution < 1.29 is 37.4 Å². The molecule has 0 aromatic heterocycles. The maximum atomic E-state index is 15.3. The maximum absolute atomic E-state index is 15.3. The molecule has 1 saturated heterocycles. The minimum Gasteiger partial charge on any atom is -0.485 e. The average Bonchev–Trinajstić information content (AvgIpc) is 3.11. The van der Waals surface area contributed by atoms with E-state index in [1.54, 1.807) is 72.8 Å². The highest BCUT2D eigenvalue weighted by Gasteiger charge is 2.51. The van der Waals surface area contributed by atoms with Gasteiger partial charge in [-0.1, -0.05) is 85.0 Å². The second-order valence-corrected chi connectivity index (χ2v) is 13.5. The van der Waals surface area contributed by atoms with Gasteiger partial charge in [0.1, 0.15) is 17.9 Å². The Morgan fingerprint density at radius 2 is 1.55 bits per heavy atom. The zero-order valence-electron chi connectivity index (χ0n) is 28.0. The molecule has 4 rings (SSSR count).